The van der Waals surface area contributed by atoms with Crippen molar-refractivity contribution in [1.82, 2.24) is 19.8 Å². The summed E-state index contributed by atoms with van der Waals surface area (Å²) in [6.45, 7) is 1.15. The minimum Gasteiger partial charge on any atom is -0.490 e. The van der Waals surface area contributed by atoms with Gasteiger partial charge < -0.3 is 9.47 Å². The number of benzene rings is 1. The van der Waals surface area contributed by atoms with Crippen LogP contribution in [0.1, 0.15) is 12.2 Å². The zero-order valence-electron chi connectivity index (χ0n) is 12.7. The van der Waals surface area contributed by atoms with Gasteiger partial charge in [-0.3, -0.25) is 0 Å². The molecule has 2 aromatic heterocycles. The molecule has 0 radical (unpaired) electrons. The second-order valence-electron chi connectivity index (χ2n) is 5.22. The molecule has 1 aromatic carbocycles. The van der Waals surface area contributed by atoms with Crippen molar-refractivity contribution >= 4 is 17.4 Å². The van der Waals surface area contributed by atoms with Crippen LogP contribution in [0, 0.1) is 0 Å². The van der Waals surface area contributed by atoms with Gasteiger partial charge in [0.05, 0.1) is 13.2 Å². The van der Waals surface area contributed by atoms with Gasteiger partial charge in [-0.25, -0.2) is 0 Å². The van der Waals surface area contributed by atoms with Crippen molar-refractivity contribution in [2.75, 3.05) is 13.2 Å². The van der Waals surface area contributed by atoms with E-state index in [-0.39, 0.29) is 5.65 Å². The minimum absolute atomic E-state index is 0.0373. The van der Waals surface area contributed by atoms with Crippen LogP contribution in [0.25, 0.3) is 5.65 Å². The molecular weight excluding hydrogens is 357 g/mol. The Morgan fingerprint density at radius 2 is 1.80 bits per heavy atom. The Bertz CT molecular complexity index is 929. The monoisotopic (exact) mass is 368 g/mol. The van der Waals surface area contributed by atoms with Crippen LogP contribution >= 0.6 is 11.8 Å². The first kappa shape index (κ1) is 16.0. The zero-order valence-corrected chi connectivity index (χ0v) is 13.5. The molecule has 0 N–H and O–H groups in total. The van der Waals surface area contributed by atoms with Gasteiger partial charge in [0.1, 0.15) is 5.03 Å². The van der Waals surface area contributed by atoms with E-state index in [1.807, 2.05) is 0 Å². The summed E-state index contributed by atoms with van der Waals surface area (Å²) in [5.74, 6) is 0.121. The summed E-state index contributed by atoms with van der Waals surface area (Å²) in [5, 5.41) is 11.0. The number of aromatic nitrogens is 4. The molecule has 10 heteroatoms. The molecule has 0 saturated carbocycles. The first-order valence-electron chi connectivity index (χ1n) is 7.38. The lowest BCUT2D eigenvalue weighted by Crippen LogP contribution is -2.12. The predicted molar refractivity (Wildman–Crippen MR) is 82.0 cm³/mol. The van der Waals surface area contributed by atoms with E-state index in [2.05, 4.69) is 15.3 Å². The highest BCUT2D eigenvalue weighted by atomic mass is 32.2. The molecule has 0 amide bonds. The summed E-state index contributed by atoms with van der Waals surface area (Å²) >= 11 is 1.21. The molecular formula is C15H11F3N4O2S. The Balaban J connectivity index is 1.65. The lowest BCUT2D eigenvalue weighted by atomic mass is 10.3. The minimum atomic E-state index is -4.62. The zero-order chi connectivity index (χ0) is 17.4. The average Bonchev–Trinajstić information content (AvgIpc) is 2.86. The summed E-state index contributed by atoms with van der Waals surface area (Å²) in [4.78, 5) is 0.776. The van der Waals surface area contributed by atoms with Gasteiger partial charge in [-0.05, 0) is 30.3 Å². The maximum atomic E-state index is 12.9. The average molecular weight is 368 g/mol. The van der Waals surface area contributed by atoms with Crippen LogP contribution in [-0.2, 0) is 6.18 Å². The molecule has 0 unspecified atom stereocenters. The summed E-state index contributed by atoms with van der Waals surface area (Å²) < 4.78 is 50.7. The highest BCUT2D eigenvalue weighted by molar-refractivity contribution is 7.99. The summed E-state index contributed by atoms with van der Waals surface area (Å²) in [6, 6.07) is 8.41. The molecule has 0 aliphatic carbocycles. The van der Waals surface area contributed by atoms with E-state index < -0.39 is 12.0 Å². The van der Waals surface area contributed by atoms with E-state index in [0.717, 1.165) is 11.3 Å². The molecule has 4 rings (SSSR count). The molecule has 130 valence electrons. The van der Waals surface area contributed by atoms with Crippen molar-refractivity contribution < 1.29 is 22.6 Å². The van der Waals surface area contributed by atoms with Crippen LogP contribution in [0.2, 0.25) is 0 Å². The number of hydrogen-bond donors (Lipinski definition) is 0. The fourth-order valence-corrected chi connectivity index (χ4v) is 3.13. The van der Waals surface area contributed by atoms with E-state index in [1.54, 1.807) is 24.3 Å². The van der Waals surface area contributed by atoms with Crippen molar-refractivity contribution in [1.29, 1.82) is 0 Å². The number of fused-ring (bicyclic) bond motifs is 2. The van der Waals surface area contributed by atoms with Crippen molar-refractivity contribution in [3.63, 3.8) is 0 Å². The van der Waals surface area contributed by atoms with Gasteiger partial charge in [0.25, 0.3) is 5.82 Å². The Morgan fingerprint density at radius 3 is 2.60 bits per heavy atom. The summed E-state index contributed by atoms with van der Waals surface area (Å²) in [5.41, 5.74) is 0.0373. The van der Waals surface area contributed by atoms with Crippen LogP contribution in [0.5, 0.6) is 11.5 Å². The van der Waals surface area contributed by atoms with E-state index in [0.29, 0.717) is 34.3 Å². The normalized spacial score (nSPS) is 14.5. The largest absolute Gasteiger partial charge is 0.490 e. The molecule has 1 aliphatic heterocycles. The van der Waals surface area contributed by atoms with Crippen LogP contribution < -0.4 is 9.47 Å². The first-order valence-corrected chi connectivity index (χ1v) is 8.19. The Hall–Kier alpha value is -2.49. The summed E-state index contributed by atoms with van der Waals surface area (Å²) in [6.07, 6.45) is -3.83. The third-order valence-electron chi connectivity index (χ3n) is 3.43. The highest BCUT2D eigenvalue weighted by Gasteiger charge is 2.37. The topological polar surface area (TPSA) is 61.5 Å². The Kier molecular flexibility index (Phi) is 3.91. The van der Waals surface area contributed by atoms with E-state index >= 15 is 0 Å². The fraction of sp³-hybridized carbons (Fsp3) is 0.267. The first-order chi connectivity index (χ1) is 12.0. The summed E-state index contributed by atoms with van der Waals surface area (Å²) in [7, 11) is 0. The molecule has 0 bridgehead atoms. The highest BCUT2D eigenvalue weighted by Crippen LogP contribution is 2.36. The molecule has 3 aromatic rings. The van der Waals surface area contributed by atoms with Crippen molar-refractivity contribution in [3.05, 3.63) is 36.2 Å². The Morgan fingerprint density at radius 1 is 1.00 bits per heavy atom. The number of alkyl halides is 3. The molecule has 3 heterocycles. The number of rotatable bonds is 2. The molecule has 25 heavy (non-hydrogen) atoms. The SMILES string of the molecule is FC(F)(F)c1nnc2ccc(Sc3ccc4c(c3)OCCCO4)nn12. The van der Waals surface area contributed by atoms with Gasteiger partial charge >= 0.3 is 6.18 Å². The third-order valence-corrected chi connectivity index (χ3v) is 4.35. The van der Waals surface area contributed by atoms with Gasteiger partial charge in [0.15, 0.2) is 17.1 Å². The number of halogens is 3. The van der Waals surface area contributed by atoms with Crippen LogP contribution in [0.15, 0.2) is 40.3 Å². The molecule has 6 nitrogen and oxygen atoms in total. The maximum absolute atomic E-state index is 12.9. The van der Waals surface area contributed by atoms with Gasteiger partial charge in [-0.15, -0.1) is 10.2 Å². The van der Waals surface area contributed by atoms with Gasteiger partial charge in [-0.1, -0.05) is 11.8 Å². The Labute approximate surface area is 144 Å². The van der Waals surface area contributed by atoms with Crippen molar-refractivity contribution in [3.8, 4) is 11.5 Å². The van der Waals surface area contributed by atoms with Crippen LogP contribution in [0.4, 0.5) is 13.2 Å². The number of hydrogen-bond acceptors (Lipinski definition) is 6. The molecule has 0 spiro atoms. The van der Waals surface area contributed by atoms with E-state index in [1.165, 1.54) is 17.8 Å². The third kappa shape index (κ3) is 3.21. The lowest BCUT2D eigenvalue weighted by molar-refractivity contribution is -0.146. The molecule has 0 fully saturated rings. The quantitative estimate of drug-likeness (QED) is 0.690. The maximum Gasteiger partial charge on any atom is 0.453 e. The molecule has 0 saturated heterocycles. The second kappa shape index (κ2) is 6.10. The van der Waals surface area contributed by atoms with Crippen LogP contribution in [-0.4, -0.2) is 33.0 Å². The number of ether oxygens (including phenoxy) is 2. The van der Waals surface area contributed by atoms with Gasteiger partial charge in [0.2, 0.25) is 0 Å². The molecule has 0 atom stereocenters. The fourth-order valence-electron chi connectivity index (χ4n) is 2.33. The second-order valence-corrected chi connectivity index (χ2v) is 6.32. The van der Waals surface area contributed by atoms with Crippen molar-refractivity contribution in [2.24, 2.45) is 0 Å². The van der Waals surface area contributed by atoms with Gasteiger partial charge in [0, 0.05) is 11.3 Å². The standard InChI is InChI=1S/C15H11F3N4O2S/c16-15(17,18)14-20-19-12-4-5-13(21-22(12)14)25-9-2-3-10-11(8-9)24-7-1-6-23-10/h2-5,8H,1,6-7H2. The number of nitrogens with zero attached hydrogens (tertiary/aromatic N) is 4. The molecule has 1 aliphatic rings. The lowest BCUT2D eigenvalue weighted by Gasteiger charge is -2.09. The van der Waals surface area contributed by atoms with E-state index in [4.69, 9.17) is 9.47 Å². The smallest absolute Gasteiger partial charge is 0.453 e. The van der Waals surface area contributed by atoms with Gasteiger partial charge in [-0.2, -0.15) is 22.8 Å². The van der Waals surface area contributed by atoms with Crippen LogP contribution in [0.3, 0.4) is 0 Å². The van der Waals surface area contributed by atoms with E-state index in [9.17, 15) is 13.2 Å². The van der Waals surface area contributed by atoms with Crippen molar-refractivity contribution in [2.45, 2.75) is 22.5 Å². The predicted octanol–water partition coefficient (Wildman–Crippen LogP) is 3.46.